The maximum absolute atomic E-state index is 11.6. The third-order valence-electron chi connectivity index (χ3n) is 3.74. The number of nitrogens with one attached hydrogen (secondary N) is 1. The number of fused-ring (bicyclic) bond motifs is 3. The number of pyridine rings is 1. The largest absolute Gasteiger partial charge is 0.353 e. The van der Waals surface area contributed by atoms with Gasteiger partial charge in [-0.2, -0.15) is 0 Å². The Balaban J connectivity index is 2.16. The minimum Gasteiger partial charge on any atom is -0.353 e. The molecule has 4 aromatic rings. The lowest BCUT2D eigenvalue weighted by atomic mass is 10.1. The van der Waals surface area contributed by atoms with Gasteiger partial charge in [0.2, 0.25) is 0 Å². The Kier molecular flexibility index (Phi) is 2.94. The number of rotatable bonds is 2. The number of H-pyrrole nitrogens is 1. The number of aromatic nitrogens is 2. The molecule has 0 saturated carbocycles. The minimum atomic E-state index is -0.552. The minimum absolute atomic E-state index is 0.262. The van der Waals surface area contributed by atoms with E-state index < -0.39 is 5.24 Å². The van der Waals surface area contributed by atoms with E-state index in [0.29, 0.717) is 0 Å². The quantitative estimate of drug-likeness (QED) is 0.543. The van der Waals surface area contributed by atoms with Gasteiger partial charge >= 0.3 is 0 Å². The highest BCUT2D eigenvalue weighted by molar-refractivity contribution is 6.67. The highest BCUT2D eigenvalue weighted by atomic mass is 35.5. The Hall–Kier alpha value is -2.65. The first-order valence-corrected chi connectivity index (χ1v) is 7.28. The van der Waals surface area contributed by atoms with E-state index in [1.54, 1.807) is 6.07 Å². The highest BCUT2D eigenvalue weighted by Crippen LogP contribution is 2.32. The van der Waals surface area contributed by atoms with Gasteiger partial charge in [-0.3, -0.25) is 4.79 Å². The van der Waals surface area contributed by atoms with Crippen LogP contribution in [0.3, 0.4) is 0 Å². The standard InChI is InChI=1S/C18H11ClN2O/c19-18(22)15-10-13-12-8-4-5-9-14(12)20-17(13)16(21-15)11-6-2-1-3-7-11/h1-10,20H. The molecule has 0 aliphatic rings. The molecule has 106 valence electrons. The summed E-state index contributed by atoms with van der Waals surface area (Å²) in [7, 11) is 0. The van der Waals surface area contributed by atoms with Crippen molar-refractivity contribution in [2.24, 2.45) is 0 Å². The van der Waals surface area contributed by atoms with Crippen LogP contribution in [0.2, 0.25) is 0 Å². The Bertz CT molecular complexity index is 1010. The van der Waals surface area contributed by atoms with Crippen molar-refractivity contribution < 1.29 is 4.79 Å². The molecule has 0 fully saturated rings. The summed E-state index contributed by atoms with van der Waals surface area (Å²) in [6, 6.07) is 19.5. The number of nitrogens with zero attached hydrogens (tertiary/aromatic N) is 1. The van der Waals surface area contributed by atoms with Gasteiger partial charge in [-0.1, -0.05) is 48.5 Å². The molecule has 0 aliphatic heterocycles. The lowest BCUT2D eigenvalue weighted by molar-refractivity contribution is 0.107. The molecule has 2 aromatic heterocycles. The fourth-order valence-corrected chi connectivity index (χ4v) is 2.85. The molecule has 0 atom stereocenters. The molecule has 0 unspecified atom stereocenters. The van der Waals surface area contributed by atoms with Crippen molar-refractivity contribution in [3.63, 3.8) is 0 Å². The number of carbonyl (C=O) groups is 1. The average Bonchev–Trinajstić information content (AvgIpc) is 2.93. The zero-order valence-electron chi connectivity index (χ0n) is 11.5. The third kappa shape index (κ3) is 1.98. The number of hydrogen-bond donors (Lipinski definition) is 1. The van der Waals surface area contributed by atoms with E-state index in [9.17, 15) is 4.79 Å². The Labute approximate surface area is 131 Å². The van der Waals surface area contributed by atoms with E-state index in [-0.39, 0.29) is 5.69 Å². The maximum atomic E-state index is 11.6. The summed E-state index contributed by atoms with van der Waals surface area (Å²) in [4.78, 5) is 19.5. The van der Waals surface area contributed by atoms with E-state index in [1.807, 2.05) is 54.6 Å². The van der Waals surface area contributed by atoms with Gasteiger partial charge in [0.1, 0.15) is 5.69 Å². The molecule has 2 heterocycles. The van der Waals surface area contributed by atoms with Gasteiger partial charge in [0.05, 0.1) is 11.2 Å². The van der Waals surface area contributed by atoms with Crippen LogP contribution in [0.4, 0.5) is 0 Å². The molecule has 4 rings (SSSR count). The van der Waals surface area contributed by atoms with Crippen molar-refractivity contribution in [3.05, 3.63) is 66.4 Å². The molecular formula is C18H11ClN2O. The van der Waals surface area contributed by atoms with Gasteiger partial charge < -0.3 is 4.98 Å². The summed E-state index contributed by atoms with van der Waals surface area (Å²) in [5.74, 6) is 0. The molecule has 1 N–H and O–H groups in total. The van der Waals surface area contributed by atoms with Gasteiger partial charge in [0.25, 0.3) is 5.24 Å². The molecule has 22 heavy (non-hydrogen) atoms. The van der Waals surface area contributed by atoms with Crippen LogP contribution in [-0.4, -0.2) is 15.2 Å². The molecule has 3 nitrogen and oxygen atoms in total. The number of benzene rings is 2. The molecule has 2 aromatic carbocycles. The fourth-order valence-electron chi connectivity index (χ4n) is 2.75. The molecule has 0 amide bonds. The van der Waals surface area contributed by atoms with Crippen LogP contribution >= 0.6 is 11.6 Å². The van der Waals surface area contributed by atoms with E-state index in [1.165, 1.54) is 0 Å². The van der Waals surface area contributed by atoms with Crippen molar-refractivity contribution in [2.75, 3.05) is 0 Å². The van der Waals surface area contributed by atoms with Crippen molar-refractivity contribution in [1.29, 1.82) is 0 Å². The number of para-hydroxylation sites is 1. The summed E-state index contributed by atoms with van der Waals surface area (Å²) >= 11 is 5.67. The molecule has 4 heteroatoms. The molecule has 0 saturated heterocycles. The van der Waals surface area contributed by atoms with Crippen LogP contribution in [0.5, 0.6) is 0 Å². The predicted octanol–water partition coefficient (Wildman–Crippen LogP) is 4.76. The lowest BCUT2D eigenvalue weighted by Crippen LogP contribution is -1.96. The predicted molar refractivity (Wildman–Crippen MR) is 89.2 cm³/mol. The average molecular weight is 307 g/mol. The van der Waals surface area contributed by atoms with Crippen LogP contribution in [0.25, 0.3) is 33.1 Å². The molecule has 0 spiro atoms. The summed E-state index contributed by atoms with van der Waals surface area (Å²) in [5.41, 5.74) is 3.86. The zero-order valence-corrected chi connectivity index (χ0v) is 12.3. The van der Waals surface area contributed by atoms with Crippen molar-refractivity contribution >= 4 is 38.6 Å². The van der Waals surface area contributed by atoms with Crippen molar-refractivity contribution in [3.8, 4) is 11.3 Å². The second kappa shape index (κ2) is 4.97. The first kappa shape index (κ1) is 13.0. The second-order valence-electron chi connectivity index (χ2n) is 5.09. The van der Waals surface area contributed by atoms with Crippen LogP contribution in [0, 0.1) is 0 Å². The molecule has 0 radical (unpaired) electrons. The zero-order chi connectivity index (χ0) is 15.1. The number of aromatic amines is 1. The summed E-state index contributed by atoms with van der Waals surface area (Å²) in [5, 5.41) is 1.45. The number of carbonyl (C=O) groups excluding carboxylic acids is 1. The van der Waals surface area contributed by atoms with Crippen LogP contribution < -0.4 is 0 Å². The Morgan fingerprint density at radius 3 is 2.45 bits per heavy atom. The van der Waals surface area contributed by atoms with Gasteiger partial charge in [-0.15, -0.1) is 0 Å². The van der Waals surface area contributed by atoms with Crippen LogP contribution in [-0.2, 0) is 0 Å². The first-order valence-electron chi connectivity index (χ1n) is 6.91. The van der Waals surface area contributed by atoms with Crippen LogP contribution in [0.15, 0.2) is 60.7 Å². The van der Waals surface area contributed by atoms with E-state index >= 15 is 0 Å². The van der Waals surface area contributed by atoms with Gasteiger partial charge in [-0.25, -0.2) is 4.98 Å². The molecule has 0 aliphatic carbocycles. The topological polar surface area (TPSA) is 45.8 Å². The smallest absolute Gasteiger partial charge is 0.270 e. The lowest BCUT2D eigenvalue weighted by Gasteiger charge is -2.05. The van der Waals surface area contributed by atoms with Gasteiger partial charge in [0, 0.05) is 21.9 Å². The van der Waals surface area contributed by atoms with E-state index in [2.05, 4.69) is 9.97 Å². The van der Waals surface area contributed by atoms with Crippen molar-refractivity contribution in [2.45, 2.75) is 0 Å². The molecule has 0 bridgehead atoms. The van der Waals surface area contributed by atoms with E-state index in [4.69, 9.17) is 11.6 Å². The SMILES string of the molecule is O=C(Cl)c1cc2c([nH]c3ccccc32)c(-c2ccccc2)n1. The highest BCUT2D eigenvalue weighted by Gasteiger charge is 2.15. The summed E-state index contributed by atoms with van der Waals surface area (Å²) < 4.78 is 0. The van der Waals surface area contributed by atoms with Gasteiger partial charge in [-0.05, 0) is 23.7 Å². The Morgan fingerprint density at radius 1 is 0.955 bits per heavy atom. The monoisotopic (exact) mass is 306 g/mol. The third-order valence-corrected chi connectivity index (χ3v) is 3.94. The van der Waals surface area contributed by atoms with E-state index in [0.717, 1.165) is 33.1 Å². The summed E-state index contributed by atoms with van der Waals surface area (Å²) in [6.07, 6.45) is 0. The summed E-state index contributed by atoms with van der Waals surface area (Å²) in [6.45, 7) is 0. The second-order valence-corrected chi connectivity index (χ2v) is 5.43. The van der Waals surface area contributed by atoms with Crippen LogP contribution in [0.1, 0.15) is 10.5 Å². The molecular weight excluding hydrogens is 296 g/mol. The number of halogens is 1. The number of hydrogen-bond acceptors (Lipinski definition) is 2. The Morgan fingerprint density at radius 2 is 1.68 bits per heavy atom. The van der Waals surface area contributed by atoms with Gasteiger partial charge in [0.15, 0.2) is 0 Å². The fraction of sp³-hybridized carbons (Fsp3) is 0. The van der Waals surface area contributed by atoms with Crippen molar-refractivity contribution in [1.82, 2.24) is 9.97 Å². The maximum Gasteiger partial charge on any atom is 0.270 e. The normalized spacial score (nSPS) is 11.1. The first-order chi connectivity index (χ1) is 10.7.